The van der Waals surface area contributed by atoms with Crippen LogP contribution in [-0.2, 0) is 5.41 Å². The molecule has 2 heteroatoms. The molecule has 0 aromatic heterocycles. The molecule has 106 valence electrons. The number of nitrogens with two attached hydrogens (primary N) is 1. The Morgan fingerprint density at radius 2 is 1.45 bits per heavy atom. The van der Waals surface area contributed by atoms with Gasteiger partial charge in [0.05, 0.1) is 0 Å². The van der Waals surface area contributed by atoms with Crippen molar-refractivity contribution in [3.05, 3.63) is 59.7 Å². The van der Waals surface area contributed by atoms with Crippen LogP contribution in [0.25, 0.3) is 0 Å². The Labute approximate surface area is 121 Å². The molecule has 0 aliphatic heterocycles. The summed E-state index contributed by atoms with van der Waals surface area (Å²) in [5.74, 6) is 1.73. The molecule has 2 nitrogen and oxygen atoms in total. The van der Waals surface area contributed by atoms with E-state index in [0.29, 0.717) is 0 Å². The van der Waals surface area contributed by atoms with Gasteiger partial charge in [0.1, 0.15) is 11.5 Å². The fourth-order valence-corrected chi connectivity index (χ4v) is 2.24. The van der Waals surface area contributed by atoms with E-state index in [1.54, 1.807) is 0 Å². The van der Waals surface area contributed by atoms with Gasteiger partial charge in [-0.05, 0) is 24.5 Å². The highest BCUT2D eigenvalue weighted by Gasteiger charge is 2.19. The van der Waals surface area contributed by atoms with E-state index in [1.165, 1.54) is 5.56 Å². The molecule has 2 aromatic carbocycles. The Balaban J connectivity index is 2.41. The summed E-state index contributed by atoms with van der Waals surface area (Å²) in [7, 11) is 0. The van der Waals surface area contributed by atoms with Crippen LogP contribution in [0.4, 0.5) is 0 Å². The smallest absolute Gasteiger partial charge is 0.132 e. The second kappa shape index (κ2) is 5.68. The van der Waals surface area contributed by atoms with Crippen molar-refractivity contribution in [1.29, 1.82) is 0 Å². The van der Waals surface area contributed by atoms with Gasteiger partial charge < -0.3 is 10.5 Å². The Bertz CT molecular complexity index is 582. The topological polar surface area (TPSA) is 35.2 Å². The molecule has 0 aliphatic rings. The molecule has 0 saturated heterocycles. The van der Waals surface area contributed by atoms with Crippen molar-refractivity contribution in [2.75, 3.05) is 0 Å². The summed E-state index contributed by atoms with van der Waals surface area (Å²) in [6.07, 6.45) is 0. The van der Waals surface area contributed by atoms with Crippen LogP contribution < -0.4 is 10.5 Å². The van der Waals surface area contributed by atoms with E-state index in [2.05, 4.69) is 26.8 Å². The normalized spacial score (nSPS) is 13.1. The third-order valence-electron chi connectivity index (χ3n) is 3.32. The Morgan fingerprint density at radius 3 is 2.05 bits per heavy atom. The predicted octanol–water partition coefficient (Wildman–Crippen LogP) is 4.80. The minimum atomic E-state index is -0.0481. The van der Waals surface area contributed by atoms with Gasteiger partial charge in [0.2, 0.25) is 0 Å². The molecule has 0 saturated carbocycles. The highest BCUT2D eigenvalue weighted by molar-refractivity contribution is 5.44. The molecular weight excluding hydrogens is 246 g/mol. The summed E-state index contributed by atoms with van der Waals surface area (Å²) in [5.41, 5.74) is 8.27. The van der Waals surface area contributed by atoms with Crippen LogP contribution in [-0.4, -0.2) is 0 Å². The van der Waals surface area contributed by atoms with Gasteiger partial charge in [0.15, 0.2) is 0 Å². The fourth-order valence-electron chi connectivity index (χ4n) is 2.24. The van der Waals surface area contributed by atoms with Gasteiger partial charge in [-0.15, -0.1) is 0 Å². The number of ether oxygens (including phenoxy) is 1. The van der Waals surface area contributed by atoms with Crippen LogP contribution in [0.1, 0.15) is 44.9 Å². The summed E-state index contributed by atoms with van der Waals surface area (Å²) in [5, 5.41) is 0. The molecule has 1 atom stereocenters. The van der Waals surface area contributed by atoms with E-state index in [4.69, 9.17) is 10.5 Å². The maximum Gasteiger partial charge on any atom is 0.132 e. The molecule has 0 bridgehead atoms. The van der Waals surface area contributed by atoms with Crippen LogP contribution in [0, 0.1) is 0 Å². The maximum absolute atomic E-state index is 6.15. The Kier molecular flexibility index (Phi) is 4.15. The molecule has 0 unspecified atom stereocenters. The average molecular weight is 269 g/mol. The van der Waals surface area contributed by atoms with Crippen molar-refractivity contribution in [1.82, 2.24) is 0 Å². The van der Waals surface area contributed by atoms with E-state index in [1.807, 2.05) is 49.4 Å². The first-order valence-corrected chi connectivity index (χ1v) is 7.01. The first-order chi connectivity index (χ1) is 9.39. The number of benzene rings is 2. The largest absolute Gasteiger partial charge is 0.457 e. The first kappa shape index (κ1) is 14.6. The number of rotatable bonds is 3. The van der Waals surface area contributed by atoms with Gasteiger partial charge in [0, 0.05) is 17.2 Å². The molecule has 0 aliphatic carbocycles. The highest BCUT2D eigenvalue weighted by Crippen LogP contribution is 2.35. The highest BCUT2D eigenvalue weighted by atomic mass is 16.5. The second-order valence-corrected chi connectivity index (χ2v) is 6.17. The summed E-state index contributed by atoms with van der Waals surface area (Å²) in [6.45, 7) is 8.53. The van der Waals surface area contributed by atoms with Crippen molar-refractivity contribution in [3.63, 3.8) is 0 Å². The summed E-state index contributed by atoms with van der Waals surface area (Å²) in [4.78, 5) is 0. The molecule has 20 heavy (non-hydrogen) atoms. The van der Waals surface area contributed by atoms with Crippen LogP contribution in [0.3, 0.4) is 0 Å². The second-order valence-electron chi connectivity index (χ2n) is 6.17. The van der Waals surface area contributed by atoms with Crippen molar-refractivity contribution in [2.24, 2.45) is 5.73 Å². The van der Waals surface area contributed by atoms with Crippen molar-refractivity contribution < 1.29 is 4.74 Å². The first-order valence-electron chi connectivity index (χ1n) is 7.01. The molecule has 0 spiro atoms. The van der Waals surface area contributed by atoms with Crippen molar-refractivity contribution in [3.8, 4) is 11.5 Å². The van der Waals surface area contributed by atoms with Gasteiger partial charge in [-0.1, -0.05) is 57.2 Å². The summed E-state index contributed by atoms with van der Waals surface area (Å²) < 4.78 is 6.15. The minimum absolute atomic E-state index is 0.0415. The quantitative estimate of drug-likeness (QED) is 0.869. The minimum Gasteiger partial charge on any atom is -0.457 e. The van der Waals surface area contributed by atoms with E-state index in [9.17, 15) is 0 Å². The summed E-state index contributed by atoms with van der Waals surface area (Å²) in [6, 6.07) is 16.1. The van der Waals surface area contributed by atoms with E-state index in [0.717, 1.165) is 17.1 Å². The molecule has 0 radical (unpaired) electrons. The third-order valence-corrected chi connectivity index (χ3v) is 3.32. The van der Waals surface area contributed by atoms with Crippen LogP contribution in [0.5, 0.6) is 11.5 Å². The van der Waals surface area contributed by atoms with Gasteiger partial charge in [-0.2, -0.15) is 0 Å². The van der Waals surface area contributed by atoms with Gasteiger partial charge in [0.25, 0.3) is 0 Å². The third kappa shape index (κ3) is 3.20. The average Bonchev–Trinajstić information content (AvgIpc) is 2.38. The molecule has 2 N–H and O–H groups in total. The van der Waals surface area contributed by atoms with E-state index >= 15 is 0 Å². The summed E-state index contributed by atoms with van der Waals surface area (Å²) >= 11 is 0. The number of hydrogen-bond acceptors (Lipinski definition) is 2. The molecule has 0 amide bonds. The maximum atomic E-state index is 6.15. The standard InChI is InChI=1S/C18H23NO/c1-13(19)14-9-5-7-11-16(14)20-17-12-8-6-10-15(17)18(2,3)4/h5-13H,19H2,1-4H3/t13-/m0/s1. The lowest BCUT2D eigenvalue weighted by molar-refractivity contribution is 0.447. The van der Waals surface area contributed by atoms with Gasteiger partial charge in [-0.3, -0.25) is 0 Å². The van der Waals surface area contributed by atoms with Crippen LogP contribution >= 0.6 is 0 Å². The van der Waals surface area contributed by atoms with Gasteiger partial charge >= 0.3 is 0 Å². The Hall–Kier alpha value is -1.80. The molecule has 0 heterocycles. The lowest BCUT2D eigenvalue weighted by atomic mass is 9.86. The van der Waals surface area contributed by atoms with Crippen molar-refractivity contribution in [2.45, 2.75) is 39.2 Å². The zero-order valence-electron chi connectivity index (χ0n) is 12.7. The monoisotopic (exact) mass is 269 g/mol. The lowest BCUT2D eigenvalue weighted by Crippen LogP contribution is -2.13. The Morgan fingerprint density at radius 1 is 0.900 bits per heavy atom. The zero-order valence-corrected chi connectivity index (χ0v) is 12.7. The molecule has 2 aromatic rings. The van der Waals surface area contributed by atoms with Crippen molar-refractivity contribution >= 4 is 0 Å². The van der Waals surface area contributed by atoms with Crippen LogP contribution in [0.2, 0.25) is 0 Å². The zero-order chi connectivity index (χ0) is 14.8. The number of para-hydroxylation sites is 2. The molecular formula is C18H23NO. The SMILES string of the molecule is C[C@H](N)c1ccccc1Oc1ccccc1C(C)(C)C. The molecule has 0 fully saturated rings. The fraction of sp³-hybridized carbons (Fsp3) is 0.333. The predicted molar refractivity (Wildman–Crippen MR) is 84.3 cm³/mol. The lowest BCUT2D eigenvalue weighted by Gasteiger charge is -2.23. The van der Waals surface area contributed by atoms with Crippen LogP contribution in [0.15, 0.2) is 48.5 Å². The van der Waals surface area contributed by atoms with E-state index in [-0.39, 0.29) is 11.5 Å². The van der Waals surface area contributed by atoms with E-state index < -0.39 is 0 Å². The number of hydrogen-bond donors (Lipinski definition) is 1. The van der Waals surface area contributed by atoms with Gasteiger partial charge in [-0.25, -0.2) is 0 Å². The molecule has 2 rings (SSSR count).